The number of aryl methyl sites for hydroxylation is 1. The molecule has 0 aliphatic rings. The number of carbonyl (C=O) groups excluding carboxylic acids is 1. The van der Waals surface area contributed by atoms with Gasteiger partial charge in [-0.25, -0.2) is 0 Å². The van der Waals surface area contributed by atoms with Crippen molar-refractivity contribution in [2.45, 2.75) is 19.9 Å². The number of hydrogen-bond donors (Lipinski definition) is 0. The molecule has 2 rings (SSSR count). The van der Waals surface area contributed by atoms with E-state index in [0.717, 1.165) is 6.42 Å². The number of rotatable bonds is 5. The zero-order chi connectivity index (χ0) is 13.8. The quantitative estimate of drug-likeness (QED) is 0.790. The van der Waals surface area contributed by atoms with E-state index in [4.69, 9.17) is 16.3 Å². The fourth-order valence-electron chi connectivity index (χ4n) is 1.83. The monoisotopic (exact) mass is 279 g/mol. The highest BCUT2D eigenvalue weighted by Crippen LogP contribution is 2.24. The second kappa shape index (κ2) is 5.84. The van der Waals surface area contributed by atoms with Crippen molar-refractivity contribution in [3.63, 3.8) is 0 Å². The normalized spacial score (nSPS) is 10.5. The Hall–Kier alpha value is -1.88. The van der Waals surface area contributed by atoms with Crippen LogP contribution in [0.4, 0.5) is 0 Å². The molecule has 100 valence electrons. The lowest BCUT2D eigenvalue weighted by Gasteiger charge is -2.09. The summed E-state index contributed by atoms with van der Waals surface area (Å²) in [6.07, 6.45) is 5.40. The van der Waals surface area contributed by atoms with Crippen molar-refractivity contribution in [3.05, 3.63) is 40.9 Å². The van der Waals surface area contributed by atoms with Gasteiger partial charge in [-0.15, -0.1) is 0 Å². The van der Waals surface area contributed by atoms with Gasteiger partial charge in [0.1, 0.15) is 11.4 Å². The highest BCUT2D eigenvalue weighted by molar-refractivity contribution is 6.34. The van der Waals surface area contributed by atoms with E-state index in [9.17, 15) is 4.79 Å². The van der Waals surface area contributed by atoms with Gasteiger partial charge in [0.15, 0.2) is 0 Å². The summed E-state index contributed by atoms with van der Waals surface area (Å²) >= 11 is 6.06. The highest BCUT2D eigenvalue weighted by Gasteiger charge is 2.21. The Morgan fingerprint density at radius 1 is 1.47 bits per heavy atom. The van der Waals surface area contributed by atoms with Crippen molar-refractivity contribution in [2.24, 2.45) is 0 Å². The first-order valence-electron chi connectivity index (χ1n) is 5.93. The number of halogens is 1. The average Bonchev–Trinajstić information content (AvgIpc) is 2.79. The molecule has 2 heterocycles. The minimum Gasteiger partial charge on any atom is -0.494 e. The predicted octanol–water partition coefficient (Wildman–Crippen LogP) is 2.58. The SMILES string of the molecule is CCCn1ncc(Cl)c1C(=O)c1ccncc1OC. The molecule has 0 spiro atoms. The number of ether oxygens (including phenoxy) is 1. The van der Waals surface area contributed by atoms with Crippen LogP contribution in [-0.2, 0) is 6.54 Å². The molecule has 0 amide bonds. The minimum absolute atomic E-state index is 0.213. The summed E-state index contributed by atoms with van der Waals surface area (Å²) in [5.41, 5.74) is 0.810. The molecule has 0 fully saturated rings. The first-order valence-corrected chi connectivity index (χ1v) is 6.30. The first-order chi connectivity index (χ1) is 9.19. The maximum absolute atomic E-state index is 12.6. The van der Waals surface area contributed by atoms with Crippen molar-refractivity contribution in [1.29, 1.82) is 0 Å². The van der Waals surface area contributed by atoms with Gasteiger partial charge < -0.3 is 4.74 Å². The van der Waals surface area contributed by atoms with Crippen molar-refractivity contribution in [2.75, 3.05) is 7.11 Å². The Morgan fingerprint density at radius 3 is 2.95 bits per heavy atom. The molecular formula is C13H14ClN3O2. The Labute approximate surface area is 116 Å². The molecule has 19 heavy (non-hydrogen) atoms. The Kier molecular flexibility index (Phi) is 4.16. The van der Waals surface area contributed by atoms with E-state index < -0.39 is 0 Å². The average molecular weight is 280 g/mol. The molecule has 0 aliphatic heterocycles. The minimum atomic E-state index is -0.213. The number of ketones is 1. The van der Waals surface area contributed by atoms with Crippen LogP contribution in [0.5, 0.6) is 5.75 Å². The van der Waals surface area contributed by atoms with Crippen LogP contribution < -0.4 is 4.74 Å². The van der Waals surface area contributed by atoms with Crippen LogP contribution in [-0.4, -0.2) is 27.7 Å². The van der Waals surface area contributed by atoms with Crippen molar-refractivity contribution in [1.82, 2.24) is 14.8 Å². The maximum Gasteiger partial charge on any atom is 0.216 e. The van der Waals surface area contributed by atoms with E-state index in [-0.39, 0.29) is 5.78 Å². The topological polar surface area (TPSA) is 57.0 Å². The third kappa shape index (κ3) is 2.61. The molecule has 0 unspecified atom stereocenters. The highest BCUT2D eigenvalue weighted by atomic mass is 35.5. The summed E-state index contributed by atoms with van der Waals surface area (Å²) in [4.78, 5) is 16.5. The van der Waals surface area contributed by atoms with Crippen LogP contribution in [0.2, 0.25) is 5.02 Å². The fraction of sp³-hybridized carbons (Fsp3) is 0.308. The third-order valence-electron chi connectivity index (χ3n) is 2.69. The van der Waals surface area contributed by atoms with Crippen LogP contribution in [0.25, 0.3) is 0 Å². The van der Waals surface area contributed by atoms with Gasteiger partial charge in [-0.05, 0) is 12.5 Å². The number of nitrogens with zero attached hydrogens (tertiary/aromatic N) is 3. The fourth-order valence-corrected chi connectivity index (χ4v) is 2.05. The number of hydrogen-bond acceptors (Lipinski definition) is 4. The Balaban J connectivity index is 2.47. The van der Waals surface area contributed by atoms with E-state index >= 15 is 0 Å². The second-order valence-corrected chi connectivity index (χ2v) is 4.38. The molecule has 0 atom stereocenters. The summed E-state index contributed by atoms with van der Waals surface area (Å²) in [6.45, 7) is 2.65. The molecule has 0 saturated heterocycles. The van der Waals surface area contributed by atoms with Crippen molar-refractivity contribution in [3.8, 4) is 5.75 Å². The van der Waals surface area contributed by atoms with Crippen LogP contribution in [0, 0.1) is 0 Å². The van der Waals surface area contributed by atoms with Gasteiger partial charge in [0.05, 0.1) is 30.1 Å². The van der Waals surface area contributed by atoms with Crippen molar-refractivity contribution >= 4 is 17.4 Å². The molecule has 0 bridgehead atoms. The van der Waals surface area contributed by atoms with Crippen LogP contribution in [0.15, 0.2) is 24.7 Å². The number of aromatic nitrogens is 3. The zero-order valence-electron chi connectivity index (χ0n) is 10.8. The lowest BCUT2D eigenvalue weighted by Crippen LogP contribution is -2.13. The summed E-state index contributed by atoms with van der Waals surface area (Å²) in [6, 6.07) is 1.61. The first kappa shape index (κ1) is 13.5. The van der Waals surface area contributed by atoms with Gasteiger partial charge in [-0.1, -0.05) is 18.5 Å². The Bertz CT molecular complexity index is 595. The predicted molar refractivity (Wildman–Crippen MR) is 71.7 cm³/mol. The van der Waals surface area contributed by atoms with E-state index in [1.807, 2.05) is 6.92 Å². The van der Waals surface area contributed by atoms with E-state index in [1.165, 1.54) is 19.5 Å². The van der Waals surface area contributed by atoms with E-state index in [1.54, 1.807) is 16.9 Å². The molecule has 0 radical (unpaired) electrons. The summed E-state index contributed by atoms with van der Waals surface area (Å²) in [7, 11) is 1.50. The van der Waals surface area contributed by atoms with Crippen LogP contribution >= 0.6 is 11.6 Å². The standard InChI is InChI=1S/C13H14ClN3O2/c1-3-6-17-12(10(14)7-16-17)13(18)9-4-5-15-8-11(9)19-2/h4-5,7-8H,3,6H2,1-2H3. The van der Waals surface area contributed by atoms with Gasteiger partial charge in [-0.3, -0.25) is 14.5 Å². The van der Waals surface area contributed by atoms with Gasteiger partial charge in [-0.2, -0.15) is 5.10 Å². The molecule has 0 aliphatic carbocycles. The molecule has 2 aromatic heterocycles. The summed E-state index contributed by atoms with van der Waals surface area (Å²) in [5.74, 6) is 0.211. The largest absolute Gasteiger partial charge is 0.494 e. The van der Waals surface area contributed by atoms with E-state index in [2.05, 4.69) is 10.1 Å². The lowest BCUT2D eigenvalue weighted by atomic mass is 10.1. The molecule has 0 saturated carbocycles. The smallest absolute Gasteiger partial charge is 0.216 e. The summed E-state index contributed by atoms with van der Waals surface area (Å²) in [5, 5.41) is 4.46. The van der Waals surface area contributed by atoms with Crippen LogP contribution in [0.3, 0.4) is 0 Å². The Morgan fingerprint density at radius 2 is 2.26 bits per heavy atom. The number of methoxy groups -OCH3 is 1. The third-order valence-corrected chi connectivity index (χ3v) is 2.97. The molecule has 0 N–H and O–H groups in total. The lowest BCUT2D eigenvalue weighted by molar-refractivity contribution is 0.102. The number of pyridine rings is 1. The molecular weight excluding hydrogens is 266 g/mol. The van der Waals surface area contributed by atoms with E-state index in [0.29, 0.717) is 28.6 Å². The van der Waals surface area contributed by atoms with Gasteiger partial charge in [0, 0.05) is 12.7 Å². The van der Waals surface area contributed by atoms with Gasteiger partial charge >= 0.3 is 0 Å². The maximum atomic E-state index is 12.6. The molecule has 2 aromatic rings. The number of carbonyl (C=O) groups is 1. The van der Waals surface area contributed by atoms with Gasteiger partial charge in [0.2, 0.25) is 5.78 Å². The molecule has 6 heteroatoms. The van der Waals surface area contributed by atoms with Crippen molar-refractivity contribution < 1.29 is 9.53 Å². The van der Waals surface area contributed by atoms with Gasteiger partial charge in [0.25, 0.3) is 0 Å². The second-order valence-electron chi connectivity index (χ2n) is 3.97. The molecule has 5 nitrogen and oxygen atoms in total. The zero-order valence-corrected chi connectivity index (χ0v) is 11.5. The summed E-state index contributed by atoms with van der Waals surface area (Å²) < 4.78 is 6.76. The van der Waals surface area contributed by atoms with Crippen LogP contribution in [0.1, 0.15) is 29.4 Å². The molecule has 0 aromatic carbocycles.